The van der Waals surface area contributed by atoms with Gasteiger partial charge in [-0.25, -0.2) is 13.7 Å². The molecule has 0 heterocycles. The van der Waals surface area contributed by atoms with Gasteiger partial charge in [0, 0.05) is 29.5 Å². The van der Waals surface area contributed by atoms with Crippen molar-refractivity contribution < 1.29 is 70.0 Å². The van der Waals surface area contributed by atoms with Gasteiger partial charge in [-0.2, -0.15) is 11.1 Å². The molecule has 0 fully saturated rings. The second kappa shape index (κ2) is 15.6. The number of phosphoric ester groups is 3. The Labute approximate surface area is 208 Å². The van der Waals surface area contributed by atoms with E-state index in [-0.39, 0.29) is 12.8 Å². The Hall–Kier alpha value is 0.0700. The first-order valence-corrected chi connectivity index (χ1v) is 15.1. The molecule has 0 aliphatic rings. The van der Waals surface area contributed by atoms with Crippen LogP contribution in [-0.2, 0) is 36.3 Å². The minimum absolute atomic E-state index is 0.0624. The summed E-state index contributed by atoms with van der Waals surface area (Å²) in [6.45, 7) is 2.30. The van der Waals surface area contributed by atoms with Gasteiger partial charge >= 0.3 is 23.5 Å². The van der Waals surface area contributed by atoms with E-state index in [1.807, 2.05) is 0 Å². The molecule has 4 atom stereocenters. The highest BCUT2D eigenvalue weighted by molar-refractivity contribution is 7.47. The van der Waals surface area contributed by atoms with Gasteiger partial charge in [-0.1, -0.05) is 0 Å². The van der Waals surface area contributed by atoms with Crippen LogP contribution in [0.3, 0.4) is 0 Å². The van der Waals surface area contributed by atoms with Gasteiger partial charge in [0.25, 0.3) is 0 Å². The molecule has 0 saturated carbocycles. The van der Waals surface area contributed by atoms with Crippen LogP contribution in [0.2, 0.25) is 0 Å². The SMILES string of the molecule is CC(C)(CC(CO)COP(=O)(O)OCCOP(=O)(O)OCC(COP(=O)(O)O)CC(C)(C)NF)NF. The maximum Gasteiger partial charge on any atom is 0.472 e. The lowest BCUT2D eigenvalue weighted by Crippen LogP contribution is -2.37. The zero-order chi connectivity index (χ0) is 28.3. The monoisotopic (exact) mass is 596 g/mol. The van der Waals surface area contributed by atoms with Gasteiger partial charge in [-0.05, 0) is 40.5 Å². The van der Waals surface area contributed by atoms with E-state index < -0.39 is 86.0 Å². The summed E-state index contributed by atoms with van der Waals surface area (Å²) < 4.78 is 83.5. The molecule has 0 aliphatic heterocycles. The van der Waals surface area contributed by atoms with Crippen LogP contribution in [0.4, 0.5) is 8.96 Å². The fourth-order valence-corrected chi connectivity index (χ4v) is 4.81. The molecule has 0 aromatic carbocycles. The number of phosphoric acid groups is 3. The highest BCUT2D eigenvalue weighted by Gasteiger charge is 2.31. The van der Waals surface area contributed by atoms with Crippen molar-refractivity contribution in [1.29, 1.82) is 0 Å². The first-order chi connectivity index (χ1) is 16.3. The summed E-state index contributed by atoms with van der Waals surface area (Å²) in [5, 5.41) is 9.32. The second-order valence-electron chi connectivity index (χ2n) is 9.26. The van der Waals surface area contributed by atoms with Crippen LogP contribution in [0.25, 0.3) is 0 Å². The Balaban J connectivity index is 4.65. The minimum atomic E-state index is -4.87. The first kappa shape index (κ1) is 36.1. The van der Waals surface area contributed by atoms with Crippen LogP contribution in [-0.4, -0.2) is 75.4 Å². The van der Waals surface area contributed by atoms with E-state index in [0.29, 0.717) is 0 Å². The number of hydrogen-bond donors (Lipinski definition) is 7. The largest absolute Gasteiger partial charge is 0.472 e. The lowest BCUT2D eigenvalue weighted by Gasteiger charge is -2.27. The summed E-state index contributed by atoms with van der Waals surface area (Å²) in [6, 6.07) is 0. The van der Waals surface area contributed by atoms with Gasteiger partial charge in [-0.3, -0.25) is 22.6 Å². The Morgan fingerprint density at radius 1 is 0.694 bits per heavy atom. The van der Waals surface area contributed by atoms with Gasteiger partial charge in [0.05, 0.1) is 33.0 Å². The van der Waals surface area contributed by atoms with Gasteiger partial charge in [0.1, 0.15) is 0 Å². The maximum atomic E-state index is 12.9. The molecule has 4 unspecified atom stereocenters. The summed E-state index contributed by atoms with van der Waals surface area (Å²) >= 11 is 0. The molecule has 0 spiro atoms. The van der Waals surface area contributed by atoms with Crippen LogP contribution < -0.4 is 11.1 Å². The number of aliphatic hydroxyl groups is 1. The molecule has 0 rings (SSSR count). The average molecular weight is 596 g/mol. The van der Waals surface area contributed by atoms with Gasteiger partial charge < -0.3 is 24.7 Å². The summed E-state index contributed by atoms with van der Waals surface area (Å²) in [5.74, 6) is -1.64. The quantitative estimate of drug-likeness (QED) is 0.0571. The van der Waals surface area contributed by atoms with E-state index in [9.17, 15) is 37.6 Å². The smallest absolute Gasteiger partial charge is 0.396 e. The van der Waals surface area contributed by atoms with E-state index >= 15 is 0 Å². The second-order valence-corrected chi connectivity index (χ2v) is 13.4. The zero-order valence-electron chi connectivity index (χ0n) is 20.4. The molecular formula is C16H37F2N2O13P3. The summed E-state index contributed by atoms with van der Waals surface area (Å²) in [6.07, 6.45) is -0.0576. The van der Waals surface area contributed by atoms with Crippen LogP contribution in [0, 0.1) is 11.8 Å². The van der Waals surface area contributed by atoms with E-state index in [2.05, 4.69) is 13.6 Å². The molecule has 0 aliphatic carbocycles. The molecule has 0 bridgehead atoms. The third-order valence-corrected chi connectivity index (χ3v) is 6.84. The van der Waals surface area contributed by atoms with Crippen molar-refractivity contribution in [3.63, 3.8) is 0 Å². The van der Waals surface area contributed by atoms with Crippen molar-refractivity contribution in [3.8, 4) is 0 Å². The molecule has 15 nitrogen and oxygen atoms in total. The Morgan fingerprint density at radius 3 is 1.42 bits per heavy atom. The minimum Gasteiger partial charge on any atom is -0.396 e. The van der Waals surface area contributed by atoms with E-state index in [0.717, 1.165) is 0 Å². The van der Waals surface area contributed by atoms with Crippen molar-refractivity contribution in [1.82, 2.24) is 11.1 Å². The fourth-order valence-electron chi connectivity index (χ4n) is 2.84. The molecule has 0 radical (unpaired) electrons. The number of nitrogens with one attached hydrogen (secondary N) is 2. The predicted octanol–water partition coefficient (Wildman–Crippen LogP) is 1.87. The maximum absolute atomic E-state index is 12.9. The van der Waals surface area contributed by atoms with Crippen LogP contribution in [0.5, 0.6) is 0 Å². The van der Waals surface area contributed by atoms with Crippen molar-refractivity contribution >= 4 is 23.5 Å². The van der Waals surface area contributed by atoms with E-state index in [1.54, 1.807) is 0 Å². The van der Waals surface area contributed by atoms with Crippen molar-refractivity contribution in [2.24, 2.45) is 11.8 Å². The Bertz CT molecular complexity index is 786. The number of hydrogen-bond acceptors (Lipinski definition) is 11. The molecule has 218 valence electrons. The Morgan fingerprint density at radius 2 is 1.06 bits per heavy atom. The summed E-state index contributed by atoms with van der Waals surface area (Å²) in [5.41, 5.74) is 0.805. The third kappa shape index (κ3) is 18.3. The van der Waals surface area contributed by atoms with Gasteiger partial charge in [0.2, 0.25) is 0 Å². The third-order valence-electron chi connectivity index (χ3n) is 4.39. The van der Waals surface area contributed by atoms with Crippen LogP contribution >= 0.6 is 23.5 Å². The van der Waals surface area contributed by atoms with Gasteiger partial charge in [0.15, 0.2) is 0 Å². The van der Waals surface area contributed by atoms with Crippen molar-refractivity contribution in [2.45, 2.75) is 51.6 Å². The highest BCUT2D eigenvalue weighted by Crippen LogP contribution is 2.46. The lowest BCUT2D eigenvalue weighted by atomic mass is 9.92. The molecule has 0 aromatic rings. The predicted molar refractivity (Wildman–Crippen MR) is 121 cm³/mol. The Kier molecular flexibility index (Phi) is 15.6. The van der Waals surface area contributed by atoms with E-state index in [4.69, 9.17) is 18.8 Å². The lowest BCUT2D eigenvalue weighted by molar-refractivity contribution is 0.0612. The number of halogens is 2. The number of aliphatic hydroxyl groups excluding tert-OH is 1. The molecular weight excluding hydrogens is 559 g/mol. The van der Waals surface area contributed by atoms with Crippen molar-refractivity contribution in [2.75, 3.05) is 39.6 Å². The normalized spacial score (nSPS) is 18.4. The van der Waals surface area contributed by atoms with E-state index in [1.165, 1.54) is 38.8 Å². The standard InChI is InChI=1S/C16H37F2N2O13P3/c1-15(2,19-17)7-13(9-21)10-32-35(25,26)29-5-6-30-36(27,28)33-12-14(8-16(3,4)20-18)11-31-34(22,23)24/h13-14,19-21H,5-12H2,1-4H3,(H,25,26)(H,27,28)(H2,22,23,24). The summed E-state index contributed by atoms with van der Waals surface area (Å²) in [4.78, 5) is 37.1. The first-order valence-electron chi connectivity index (χ1n) is 10.6. The average Bonchev–Trinajstić information content (AvgIpc) is 2.75. The molecule has 20 heteroatoms. The fraction of sp³-hybridized carbons (Fsp3) is 1.00. The summed E-state index contributed by atoms with van der Waals surface area (Å²) in [7, 11) is -14.3. The number of rotatable bonds is 21. The van der Waals surface area contributed by atoms with Gasteiger partial charge in [-0.15, -0.1) is 8.96 Å². The van der Waals surface area contributed by atoms with Crippen LogP contribution in [0.1, 0.15) is 40.5 Å². The molecule has 36 heavy (non-hydrogen) atoms. The molecule has 0 amide bonds. The van der Waals surface area contributed by atoms with Crippen LogP contribution in [0.15, 0.2) is 0 Å². The molecule has 0 saturated heterocycles. The molecule has 7 N–H and O–H groups in total. The zero-order valence-corrected chi connectivity index (χ0v) is 23.1. The highest BCUT2D eigenvalue weighted by atomic mass is 31.2. The topological polar surface area (TPSA) is 223 Å². The van der Waals surface area contributed by atoms with Crippen molar-refractivity contribution in [3.05, 3.63) is 0 Å². The molecule has 0 aromatic heterocycles.